The van der Waals surface area contributed by atoms with E-state index in [1.54, 1.807) is 12.3 Å². The number of halogens is 2. The molecule has 0 aliphatic heterocycles. The van der Waals surface area contributed by atoms with E-state index in [0.29, 0.717) is 9.86 Å². The van der Waals surface area contributed by atoms with E-state index >= 15 is 0 Å². The van der Waals surface area contributed by atoms with Crippen LogP contribution in [0.1, 0.15) is 0 Å². The maximum atomic E-state index is 13.9. The Morgan fingerprint density at radius 2 is 1.72 bits per heavy atom. The third-order valence-electron chi connectivity index (χ3n) is 2.85. The average molecular weight is 302 g/mol. The lowest BCUT2D eigenvalue weighted by Crippen LogP contribution is -1.89. The maximum Gasteiger partial charge on any atom is 0.132 e. The van der Waals surface area contributed by atoms with Crippen LogP contribution in [0.25, 0.3) is 22.0 Å². The number of rotatable bonds is 1. The molecule has 0 atom stereocenters. The standard InChI is InChI=1S/C15H9BrFN/c16-14-13-11(7-4-8-12(13)17)9-18-15(14)10-5-2-1-3-6-10/h1-9H. The van der Waals surface area contributed by atoms with E-state index in [9.17, 15) is 4.39 Å². The molecular weight excluding hydrogens is 293 g/mol. The molecule has 0 unspecified atom stereocenters. The zero-order valence-corrected chi connectivity index (χ0v) is 11.0. The first-order chi connectivity index (χ1) is 8.77. The first-order valence-electron chi connectivity index (χ1n) is 5.55. The number of benzene rings is 2. The summed E-state index contributed by atoms with van der Waals surface area (Å²) in [7, 11) is 0. The van der Waals surface area contributed by atoms with Crippen LogP contribution in [0.15, 0.2) is 59.2 Å². The second-order valence-electron chi connectivity index (χ2n) is 3.99. The predicted molar refractivity (Wildman–Crippen MR) is 74.8 cm³/mol. The van der Waals surface area contributed by atoms with Crippen molar-refractivity contribution in [1.82, 2.24) is 4.98 Å². The second-order valence-corrected chi connectivity index (χ2v) is 4.78. The average Bonchev–Trinajstić information content (AvgIpc) is 2.40. The number of nitrogens with zero attached hydrogens (tertiary/aromatic N) is 1. The minimum Gasteiger partial charge on any atom is -0.254 e. The van der Waals surface area contributed by atoms with Gasteiger partial charge in [0.25, 0.3) is 0 Å². The van der Waals surface area contributed by atoms with E-state index in [-0.39, 0.29) is 5.82 Å². The lowest BCUT2D eigenvalue weighted by molar-refractivity contribution is 0.639. The molecule has 3 rings (SSSR count). The van der Waals surface area contributed by atoms with Crippen LogP contribution in [0.3, 0.4) is 0 Å². The summed E-state index contributed by atoms with van der Waals surface area (Å²) in [6.45, 7) is 0. The van der Waals surface area contributed by atoms with Gasteiger partial charge < -0.3 is 0 Å². The van der Waals surface area contributed by atoms with Gasteiger partial charge in [-0.3, -0.25) is 4.98 Å². The van der Waals surface area contributed by atoms with Crippen LogP contribution >= 0.6 is 15.9 Å². The molecule has 1 heterocycles. The molecule has 0 bridgehead atoms. The highest BCUT2D eigenvalue weighted by atomic mass is 79.9. The van der Waals surface area contributed by atoms with Crippen molar-refractivity contribution in [2.45, 2.75) is 0 Å². The van der Waals surface area contributed by atoms with Gasteiger partial charge in [-0.25, -0.2) is 4.39 Å². The first-order valence-corrected chi connectivity index (χ1v) is 6.35. The molecule has 0 aliphatic rings. The zero-order chi connectivity index (χ0) is 12.5. The van der Waals surface area contributed by atoms with Crippen molar-refractivity contribution >= 4 is 26.7 Å². The maximum absolute atomic E-state index is 13.9. The Balaban J connectivity index is 2.33. The fourth-order valence-electron chi connectivity index (χ4n) is 1.99. The molecule has 1 nitrogen and oxygen atoms in total. The first kappa shape index (κ1) is 11.4. The van der Waals surface area contributed by atoms with Crippen molar-refractivity contribution in [3.8, 4) is 11.3 Å². The fraction of sp³-hybridized carbons (Fsp3) is 0. The van der Waals surface area contributed by atoms with E-state index in [1.165, 1.54) is 6.07 Å². The lowest BCUT2D eigenvalue weighted by atomic mass is 10.1. The summed E-state index contributed by atoms with van der Waals surface area (Å²) in [6.07, 6.45) is 1.70. The van der Waals surface area contributed by atoms with E-state index < -0.39 is 0 Å². The van der Waals surface area contributed by atoms with Crippen molar-refractivity contribution in [3.05, 3.63) is 65.0 Å². The van der Waals surface area contributed by atoms with E-state index in [1.807, 2.05) is 36.4 Å². The minimum atomic E-state index is -0.237. The van der Waals surface area contributed by atoms with Gasteiger partial charge in [0.2, 0.25) is 0 Å². The number of hydrogen-bond donors (Lipinski definition) is 0. The second kappa shape index (κ2) is 4.50. The highest BCUT2D eigenvalue weighted by molar-refractivity contribution is 9.10. The third kappa shape index (κ3) is 1.81. The molecule has 0 radical (unpaired) electrons. The Hall–Kier alpha value is -1.74. The van der Waals surface area contributed by atoms with Gasteiger partial charge in [-0.1, -0.05) is 42.5 Å². The van der Waals surface area contributed by atoms with Crippen LogP contribution in [-0.4, -0.2) is 4.98 Å². The van der Waals surface area contributed by atoms with Crippen LogP contribution in [0.5, 0.6) is 0 Å². The summed E-state index contributed by atoms with van der Waals surface area (Å²) in [5.74, 6) is -0.237. The fourth-order valence-corrected chi connectivity index (χ4v) is 2.74. The van der Waals surface area contributed by atoms with Gasteiger partial charge in [0.1, 0.15) is 5.82 Å². The SMILES string of the molecule is Fc1cccc2cnc(-c3ccccc3)c(Br)c12. The van der Waals surface area contributed by atoms with Crippen molar-refractivity contribution in [3.63, 3.8) is 0 Å². The summed E-state index contributed by atoms with van der Waals surface area (Å²) in [5.41, 5.74) is 1.72. The van der Waals surface area contributed by atoms with Crippen molar-refractivity contribution in [1.29, 1.82) is 0 Å². The number of aromatic nitrogens is 1. The number of pyridine rings is 1. The molecule has 0 saturated carbocycles. The van der Waals surface area contributed by atoms with Gasteiger partial charge in [-0.15, -0.1) is 0 Å². The molecule has 3 aromatic rings. The Morgan fingerprint density at radius 1 is 0.944 bits per heavy atom. The van der Waals surface area contributed by atoms with E-state index in [0.717, 1.165) is 16.6 Å². The van der Waals surface area contributed by atoms with Crippen molar-refractivity contribution in [2.24, 2.45) is 0 Å². The summed E-state index contributed by atoms with van der Waals surface area (Å²) in [6, 6.07) is 14.7. The normalized spacial score (nSPS) is 10.8. The number of hydrogen-bond acceptors (Lipinski definition) is 1. The zero-order valence-electron chi connectivity index (χ0n) is 9.40. The number of fused-ring (bicyclic) bond motifs is 1. The Morgan fingerprint density at radius 3 is 2.50 bits per heavy atom. The molecular formula is C15H9BrFN. The molecule has 0 saturated heterocycles. The molecule has 0 N–H and O–H groups in total. The van der Waals surface area contributed by atoms with Crippen LogP contribution in [0.4, 0.5) is 4.39 Å². The largest absolute Gasteiger partial charge is 0.254 e. The van der Waals surface area contributed by atoms with Crippen LogP contribution in [0.2, 0.25) is 0 Å². The lowest BCUT2D eigenvalue weighted by Gasteiger charge is -2.07. The summed E-state index contributed by atoms with van der Waals surface area (Å²) < 4.78 is 14.6. The topological polar surface area (TPSA) is 12.9 Å². The predicted octanol–water partition coefficient (Wildman–Crippen LogP) is 4.80. The van der Waals surface area contributed by atoms with Gasteiger partial charge in [0, 0.05) is 22.5 Å². The van der Waals surface area contributed by atoms with E-state index in [2.05, 4.69) is 20.9 Å². The Labute approximate surface area is 112 Å². The highest BCUT2D eigenvalue weighted by Crippen LogP contribution is 2.33. The molecule has 0 fully saturated rings. The van der Waals surface area contributed by atoms with Crippen molar-refractivity contribution in [2.75, 3.05) is 0 Å². The van der Waals surface area contributed by atoms with E-state index in [4.69, 9.17) is 0 Å². The van der Waals surface area contributed by atoms with Gasteiger partial charge >= 0.3 is 0 Å². The van der Waals surface area contributed by atoms with Crippen LogP contribution < -0.4 is 0 Å². The highest BCUT2D eigenvalue weighted by Gasteiger charge is 2.11. The Kier molecular flexibility index (Phi) is 2.84. The van der Waals surface area contributed by atoms with Gasteiger partial charge in [-0.05, 0) is 22.0 Å². The molecule has 3 heteroatoms. The van der Waals surface area contributed by atoms with Gasteiger partial charge in [0.15, 0.2) is 0 Å². The monoisotopic (exact) mass is 301 g/mol. The smallest absolute Gasteiger partial charge is 0.132 e. The van der Waals surface area contributed by atoms with Crippen LogP contribution in [-0.2, 0) is 0 Å². The van der Waals surface area contributed by atoms with Crippen LogP contribution in [0, 0.1) is 5.82 Å². The molecule has 1 aromatic heterocycles. The van der Waals surface area contributed by atoms with Crippen molar-refractivity contribution < 1.29 is 4.39 Å². The minimum absolute atomic E-state index is 0.237. The quantitative estimate of drug-likeness (QED) is 0.629. The molecule has 18 heavy (non-hydrogen) atoms. The summed E-state index contributed by atoms with van der Waals surface area (Å²) in [4.78, 5) is 4.40. The Bertz CT molecular complexity index is 710. The molecule has 0 spiro atoms. The van der Waals surface area contributed by atoms with Gasteiger partial charge in [0.05, 0.1) is 10.2 Å². The molecule has 0 aliphatic carbocycles. The van der Waals surface area contributed by atoms with Gasteiger partial charge in [-0.2, -0.15) is 0 Å². The summed E-state index contributed by atoms with van der Waals surface area (Å²) >= 11 is 3.47. The summed E-state index contributed by atoms with van der Waals surface area (Å²) in [5, 5.41) is 1.37. The third-order valence-corrected chi connectivity index (χ3v) is 3.63. The molecule has 88 valence electrons. The molecule has 0 amide bonds. The molecule has 2 aromatic carbocycles.